The van der Waals surface area contributed by atoms with E-state index in [-0.39, 0.29) is 0 Å². The highest BCUT2D eigenvalue weighted by atomic mass is 14.9. The summed E-state index contributed by atoms with van der Waals surface area (Å²) in [5, 5.41) is 4.94. The molecule has 0 amide bonds. The number of benzene rings is 1. The van der Waals surface area contributed by atoms with E-state index in [4.69, 9.17) is 5.32 Å². The lowest BCUT2D eigenvalue weighted by Gasteiger charge is -2.21. The zero-order chi connectivity index (χ0) is 15.5. The summed E-state index contributed by atoms with van der Waals surface area (Å²) < 4.78 is 0. The number of hydrogen-bond donors (Lipinski definition) is 0. The molecular formula is C22H30N. The van der Waals surface area contributed by atoms with E-state index < -0.39 is 0 Å². The predicted molar refractivity (Wildman–Crippen MR) is 97.9 cm³/mol. The van der Waals surface area contributed by atoms with E-state index in [2.05, 4.69) is 18.2 Å². The molecule has 0 spiro atoms. The van der Waals surface area contributed by atoms with Crippen molar-refractivity contribution in [2.24, 2.45) is 0 Å². The molecule has 0 unspecified atom stereocenters. The fraction of sp³-hybridized carbons (Fsp3) is 0.636. The van der Waals surface area contributed by atoms with Gasteiger partial charge in [-0.05, 0) is 55.2 Å². The molecule has 1 nitrogen and oxygen atoms in total. The SMILES string of the molecule is c1cc2c(c(C3CCCCCCCCCC3)c1)C1=C(CCC1)[N]2. The van der Waals surface area contributed by atoms with E-state index in [1.54, 1.807) is 16.7 Å². The topological polar surface area (TPSA) is 14.1 Å². The average molecular weight is 308 g/mol. The third-order valence-corrected chi connectivity index (χ3v) is 6.12. The zero-order valence-corrected chi connectivity index (χ0v) is 14.4. The van der Waals surface area contributed by atoms with Crippen LogP contribution in [0.15, 0.2) is 23.9 Å². The summed E-state index contributed by atoms with van der Waals surface area (Å²) >= 11 is 0. The van der Waals surface area contributed by atoms with Crippen LogP contribution >= 0.6 is 0 Å². The van der Waals surface area contributed by atoms with Crippen LogP contribution in [0.4, 0.5) is 5.69 Å². The number of allylic oxidation sites excluding steroid dienone is 2. The van der Waals surface area contributed by atoms with E-state index in [1.807, 2.05) is 0 Å². The number of rotatable bonds is 1. The van der Waals surface area contributed by atoms with E-state index in [0.717, 1.165) is 5.92 Å². The zero-order valence-electron chi connectivity index (χ0n) is 14.4. The van der Waals surface area contributed by atoms with Gasteiger partial charge in [-0.15, -0.1) is 0 Å². The molecule has 1 aliphatic heterocycles. The maximum Gasteiger partial charge on any atom is 0.0711 e. The second-order valence-electron chi connectivity index (χ2n) is 7.73. The molecule has 0 aromatic heterocycles. The van der Waals surface area contributed by atoms with Crippen molar-refractivity contribution in [1.82, 2.24) is 5.32 Å². The lowest BCUT2D eigenvalue weighted by Crippen LogP contribution is -2.03. The van der Waals surface area contributed by atoms with Crippen molar-refractivity contribution in [3.05, 3.63) is 35.0 Å². The molecule has 23 heavy (non-hydrogen) atoms. The summed E-state index contributed by atoms with van der Waals surface area (Å²) in [6.45, 7) is 0. The Balaban J connectivity index is 1.59. The van der Waals surface area contributed by atoms with E-state index in [0.29, 0.717) is 0 Å². The van der Waals surface area contributed by atoms with Crippen LogP contribution in [-0.4, -0.2) is 0 Å². The summed E-state index contributed by atoms with van der Waals surface area (Å²) in [5.74, 6) is 0.769. The second kappa shape index (κ2) is 7.11. The summed E-state index contributed by atoms with van der Waals surface area (Å²) in [7, 11) is 0. The Morgan fingerprint density at radius 3 is 2.17 bits per heavy atom. The minimum Gasteiger partial charge on any atom is -0.253 e. The highest BCUT2D eigenvalue weighted by Gasteiger charge is 2.30. The lowest BCUT2D eigenvalue weighted by atomic mass is 9.83. The minimum atomic E-state index is 0.769. The number of hydrogen-bond acceptors (Lipinski definition) is 0. The van der Waals surface area contributed by atoms with Crippen molar-refractivity contribution in [3.63, 3.8) is 0 Å². The summed E-state index contributed by atoms with van der Waals surface area (Å²) in [6, 6.07) is 6.92. The van der Waals surface area contributed by atoms with Gasteiger partial charge in [0.15, 0.2) is 0 Å². The normalized spacial score (nSPS) is 23.1. The molecule has 0 atom stereocenters. The molecule has 123 valence electrons. The minimum absolute atomic E-state index is 0.769. The third kappa shape index (κ3) is 3.20. The monoisotopic (exact) mass is 308 g/mol. The van der Waals surface area contributed by atoms with Gasteiger partial charge in [0.25, 0.3) is 0 Å². The Morgan fingerprint density at radius 2 is 1.43 bits per heavy atom. The molecule has 0 bridgehead atoms. The van der Waals surface area contributed by atoms with Gasteiger partial charge >= 0.3 is 0 Å². The van der Waals surface area contributed by atoms with Crippen molar-refractivity contribution in [2.45, 2.75) is 89.4 Å². The molecule has 0 saturated heterocycles. The van der Waals surface area contributed by atoms with Gasteiger partial charge in [0.1, 0.15) is 0 Å². The Labute approximate surface area is 141 Å². The molecular weight excluding hydrogens is 278 g/mol. The summed E-state index contributed by atoms with van der Waals surface area (Å²) in [6.07, 6.45) is 18.1. The number of fused-ring (bicyclic) bond motifs is 2. The number of nitrogens with zero attached hydrogens (tertiary/aromatic N) is 1. The van der Waals surface area contributed by atoms with Crippen LogP contribution in [0.5, 0.6) is 0 Å². The Bertz CT molecular complexity index is 572. The Hall–Kier alpha value is -1.24. The molecule has 1 radical (unpaired) electrons. The molecule has 0 N–H and O–H groups in total. The Kier molecular flexibility index (Phi) is 4.73. The molecule has 1 fully saturated rings. The van der Waals surface area contributed by atoms with Gasteiger partial charge in [0, 0.05) is 11.3 Å². The smallest absolute Gasteiger partial charge is 0.0711 e. The lowest BCUT2D eigenvalue weighted by molar-refractivity contribution is 0.513. The standard InChI is InChI=1S/C22H30N/c1-2-4-6-8-12-17(11-7-5-3-1)18-13-9-16-21-22(18)19-14-10-15-20(19)23-21/h9,13,16-17H,1-8,10-12,14-15H2. The molecule has 2 aliphatic carbocycles. The molecule has 1 saturated carbocycles. The van der Waals surface area contributed by atoms with Crippen LogP contribution in [0.1, 0.15) is 101 Å². The van der Waals surface area contributed by atoms with Crippen LogP contribution in [0.25, 0.3) is 5.57 Å². The first kappa shape index (κ1) is 15.3. The van der Waals surface area contributed by atoms with Gasteiger partial charge < -0.3 is 0 Å². The van der Waals surface area contributed by atoms with Crippen LogP contribution in [-0.2, 0) is 0 Å². The third-order valence-electron chi connectivity index (χ3n) is 6.12. The van der Waals surface area contributed by atoms with Crippen molar-refractivity contribution in [1.29, 1.82) is 0 Å². The highest BCUT2D eigenvalue weighted by molar-refractivity contribution is 5.85. The van der Waals surface area contributed by atoms with E-state index in [1.165, 1.54) is 94.9 Å². The van der Waals surface area contributed by atoms with E-state index in [9.17, 15) is 0 Å². The fourth-order valence-corrected chi connectivity index (χ4v) is 4.88. The first-order valence-corrected chi connectivity index (χ1v) is 10.0. The van der Waals surface area contributed by atoms with Crippen LogP contribution in [0, 0.1) is 0 Å². The van der Waals surface area contributed by atoms with Crippen LogP contribution in [0.3, 0.4) is 0 Å². The quantitative estimate of drug-likeness (QED) is 0.540. The summed E-state index contributed by atoms with van der Waals surface area (Å²) in [5.41, 5.74) is 7.48. The highest BCUT2D eigenvalue weighted by Crippen LogP contribution is 2.48. The maximum absolute atomic E-state index is 4.94. The first-order valence-electron chi connectivity index (χ1n) is 10.0. The van der Waals surface area contributed by atoms with Crippen molar-refractivity contribution >= 4 is 11.3 Å². The maximum atomic E-state index is 4.94. The van der Waals surface area contributed by atoms with Gasteiger partial charge in [0.05, 0.1) is 5.69 Å². The first-order chi connectivity index (χ1) is 11.4. The summed E-state index contributed by atoms with van der Waals surface area (Å²) in [4.78, 5) is 0. The molecule has 1 aromatic rings. The van der Waals surface area contributed by atoms with Crippen LogP contribution in [0.2, 0.25) is 0 Å². The van der Waals surface area contributed by atoms with Crippen molar-refractivity contribution in [3.8, 4) is 0 Å². The fourth-order valence-electron chi connectivity index (χ4n) is 4.88. The molecule has 1 heterocycles. The van der Waals surface area contributed by atoms with E-state index >= 15 is 0 Å². The molecule has 1 heteroatoms. The Morgan fingerprint density at radius 1 is 0.739 bits per heavy atom. The van der Waals surface area contributed by atoms with Gasteiger partial charge in [0.2, 0.25) is 0 Å². The van der Waals surface area contributed by atoms with Gasteiger partial charge in [-0.3, -0.25) is 5.32 Å². The molecule has 4 rings (SSSR count). The largest absolute Gasteiger partial charge is 0.253 e. The average Bonchev–Trinajstić information content (AvgIpc) is 3.12. The van der Waals surface area contributed by atoms with Crippen LogP contribution < -0.4 is 5.32 Å². The second-order valence-corrected chi connectivity index (χ2v) is 7.73. The van der Waals surface area contributed by atoms with Crippen molar-refractivity contribution < 1.29 is 0 Å². The molecule has 3 aliphatic rings. The van der Waals surface area contributed by atoms with Gasteiger partial charge in [-0.25, -0.2) is 0 Å². The molecule has 1 aromatic carbocycles. The van der Waals surface area contributed by atoms with Gasteiger partial charge in [-0.2, -0.15) is 0 Å². The predicted octanol–water partition coefficient (Wildman–Crippen LogP) is 6.83. The van der Waals surface area contributed by atoms with Crippen molar-refractivity contribution in [2.75, 3.05) is 0 Å². The van der Waals surface area contributed by atoms with Gasteiger partial charge in [-0.1, -0.05) is 63.5 Å².